The highest BCUT2D eigenvalue weighted by Gasteiger charge is 2.38. The van der Waals surface area contributed by atoms with Crippen LogP contribution in [-0.4, -0.2) is 51.2 Å². The number of ether oxygens (including phenoxy) is 1. The molecule has 0 unspecified atom stereocenters. The number of carbonyl (C=O) groups excluding carboxylic acids is 1. The first-order valence-corrected chi connectivity index (χ1v) is 9.84. The van der Waals surface area contributed by atoms with Crippen molar-refractivity contribution in [3.63, 3.8) is 0 Å². The zero-order valence-corrected chi connectivity index (χ0v) is 15.9. The van der Waals surface area contributed by atoms with Gasteiger partial charge in [-0.05, 0) is 35.1 Å². The summed E-state index contributed by atoms with van der Waals surface area (Å²) in [5.41, 5.74) is 4.28. The Kier molecular flexibility index (Phi) is 4.32. The van der Waals surface area contributed by atoms with Gasteiger partial charge in [0, 0.05) is 19.0 Å². The van der Waals surface area contributed by atoms with Crippen molar-refractivity contribution in [1.29, 1.82) is 0 Å². The number of rotatable bonds is 3. The van der Waals surface area contributed by atoms with Crippen molar-refractivity contribution in [3.8, 4) is 11.1 Å². The number of carbonyl (C=O) groups is 1. The first-order chi connectivity index (χ1) is 14.2. The van der Waals surface area contributed by atoms with Crippen molar-refractivity contribution in [2.24, 2.45) is 0 Å². The summed E-state index contributed by atoms with van der Waals surface area (Å²) in [5, 5.41) is 21.0. The topological polar surface area (TPSA) is 91.3 Å². The van der Waals surface area contributed by atoms with Gasteiger partial charge in [-0.15, -0.1) is 0 Å². The molecule has 29 heavy (non-hydrogen) atoms. The van der Waals surface area contributed by atoms with E-state index >= 15 is 0 Å². The van der Waals surface area contributed by atoms with Gasteiger partial charge in [0.25, 0.3) is 0 Å². The van der Waals surface area contributed by atoms with Crippen LogP contribution in [0.3, 0.4) is 0 Å². The third kappa shape index (κ3) is 3.07. The Bertz CT molecular complexity index is 981. The SMILES string of the molecule is O=C(OCC1c2ccccc2-c2ccccc21)N1CCC(O)(c2cn[nH]n2)CC1. The number of nitrogens with one attached hydrogen (secondary N) is 1. The van der Waals surface area contributed by atoms with Crippen LogP contribution in [0.1, 0.15) is 35.6 Å². The number of aromatic nitrogens is 3. The smallest absolute Gasteiger partial charge is 0.409 e. The second-order valence-electron chi connectivity index (χ2n) is 7.68. The number of likely N-dealkylation sites (tertiary alicyclic amines) is 1. The molecule has 1 saturated heterocycles. The summed E-state index contributed by atoms with van der Waals surface area (Å²) in [5.74, 6) is 0.0446. The second kappa shape index (κ2) is 7.00. The molecule has 1 fully saturated rings. The number of aromatic amines is 1. The monoisotopic (exact) mass is 390 g/mol. The zero-order chi connectivity index (χ0) is 19.8. The summed E-state index contributed by atoms with van der Waals surface area (Å²) in [6.45, 7) is 1.14. The summed E-state index contributed by atoms with van der Waals surface area (Å²) in [7, 11) is 0. The van der Waals surface area contributed by atoms with Gasteiger partial charge in [0.15, 0.2) is 0 Å². The Morgan fingerprint density at radius 2 is 1.72 bits per heavy atom. The van der Waals surface area contributed by atoms with Crippen LogP contribution in [0.4, 0.5) is 4.79 Å². The molecule has 148 valence electrons. The van der Waals surface area contributed by atoms with E-state index in [0.29, 0.717) is 38.2 Å². The van der Waals surface area contributed by atoms with Crippen LogP contribution in [0.2, 0.25) is 0 Å². The lowest BCUT2D eigenvalue weighted by atomic mass is 9.89. The second-order valence-corrected chi connectivity index (χ2v) is 7.68. The average Bonchev–Trinajstić information content (AvgIpc) is 3.40. The Hall–Kier alpha value is -3.19. The Morgan fingerprint density at radius 1 is 1.10 bits per heavy atom. The maximum atomic E-state index is 12.7. The fourth-order valence-electron chi connectivity index (χ4n) is 4.43. The van der Waals surface area contributed by atoms with Crippen molar-refractivity contribution >= 4 is 6.09 Å². The largest absolute Gasteiger partial charge is 0.448 e. The molecular formula is C22H22N4O3. The van der Waals surface area contributed by atoms with Gasteiger partial charge in [0.1, 0.15) is 17.9 Å². The maximum absolute atomic E-state index is 12.7. The van der Waals surface area contributed by atoms with Gasteiger partial charge in [0.05, 0.1) is 6.20 Å². The lowest BCUT2D eigenvalue weighted by molar-refractivity contribution is -0.0282. The fourth-order valence-corrected chi connectivity index (χ4v) is 4.43. The van der Waals surface area contributed by atoms with Crippen molar-refractivity contribution in [2.45, 2.75) is 24.4 Å². The van der Waals surface area contributed by atoms with E-state index in [4.69, 9.17) is 4.74 Å². The summed E-state index contributed by atoms with van der Waals surface area (Å²) < 4.78 is 5.71. The number of aliphatic hydroxyl groups is 1. The third-order valence-electron chi connectivity index (χ3n) is 6.08. The molecule has 7 nitrogen and oxygen atoms in total. The predicted molar refractivity (Wildman–Crippen MR) is 106 cm³/mol. The van der Waals surface area contributed by atoms with E-state index in [0.717, 1.165) is 0 Å². The summed E-state index contributed by atoms with van der Waals surface area (Å²) in [4.78, 5) is 14.3. The molecule has 5 rings (SSSR count). The molecular weight excluding hydrogens is 368 g/mol. The first-order valence-electron chi connectivity index (χ1n) is 9.84. The first kappa shape index (κ1) is 17.9. The van der Waals surface area contributed by atoms with E-state index in [-0.39, 0.29) is 12.0 Å². The van der Waals surface area contributed by atoms with Gasteiger partial charge in [-0.1, -0.05) is 48.5 Å². The van der Waals surface area contributed by atoms with Crippen molar-refractivity contribution in [1.82, 2.24) is 20.3 Å². The van der Waals surface area contributed by atoms with Crippen molar-refractivity contribution in [3.05, 3.63) is 71.5 Å². The molecule has 2 N–H and O–H groups in total. The normalized spacial score (nSPS) is 17.6. The fraction of sp³-hybridized carbons (Fsp3) is 0.318. The molecule has 1 aromatic heterocycles. The van der Waals surface area contributed by atoms with Crippen LogP contribution in [0.15, 0.2) is 54.7 Å². The summed E-state index contributed by atoms with van der Waals surface area (Å²) >= 11 is 0. The molecule has 7 heteroatoms. The molecule has 2 aromatic carbocycles. The third-order valence-corrected chi connectivity index (χ3v) is 6.08. The van der Waals surface area contributed by atoms with E-state index in [1.807, 2.05) is 24.3 Å². The minimum absolute atomic E-state index is 0.0446. The number of hydrogen-bond donors (Lipinski definition) is 2. The molecule has 1 aliphatic heterocycles. The Morgan fingerprint density at radius 3 is 2.31 bits per heavy atom. The van der Waals surface area contributed by atoms with Crippen LogP contribution < -0.4 is 0 Å². The van der Waals surface area contributed by atoms with Crippen LogP contribution in [0.5, 0.6) is 0 Å². The average molecular weight is 390 g/mol. The number of piperidine rings is 1. The van der Waals surface area contributed by atoms with Gasteiger partial charge in [0.2, 0.25) is 0 Å². The Balaban J connectivity index is 1.25. The minimum atomic E-state index is -1.05. The van der Waals surface area contributed by atoms with Crippen molar-refractivity contribution < 1.29 is 14.6 Å². The van der Waals surface area contributed by atoms with Crippen LogP contribution in [-0.2, 0) is 10.3 Å². The van der Waals surface area contributed by atoms with Gasteiger partial charge in [-0.2, -0.15) is 15.4 Å². The van der Waals surface area contributed by atoms with Gasteiger partial charge in [-0.3, -0.25) is 0 Å². The van der Waals surface area contributed by atoms with E-state index in [1.165, 1.54) is 28.5 Å². The predicted octanol–water partition coefficient (Wildman–Crippen LogP) is 3.04. The van der Waals surface area contributed by atoms with Crippen LogP contribution in [0.25, 0.3) is 11.1 Å². The number of hydrogen-bond acceptors (Lipinski definition) is 5. The number of H-pyrrole nitrogens is 1. The standard InChI is InChI=1S/C22H22N4O3/c27-21(26-11-9-22(28,10-12-26)20-13-23-25-24-20)29-14-19-17-7-3-1-5-15(17)16-6-2-4-8-18(16)19/h1-8,13,19,28H,9-12,14H2,(H,23,24,25). The number of nitrogens with zero attached hydrogens (tertiary/aromatic N) is 3. The highest BCUT2D eigenvalue weighted by atomic mass is 16.6. The molecule has 3 aromatic rings. The lowest BCUT2D eigenvalue weighted by Crippen LogP contribution is -2.45. The quantitative estimate of drug-likeness (QED) is 0.717. The molecule has 1 aliphatic carbocycles. The Labute approximate surface area is 168 Å². The van der Waals surface area contributed by atoms with E-state index in [2.05, 4.69) is 39.7 Å². The summed E-state index contributed by atoms with van der Waals surface area (Å²) in [6, 6.07) is 16.6. The highest BCUT2D eigenvalue weighted by Crippen LogP contribution is 2.44. The molecule has 0 bridgehead atoms. The van der Waals surface area contributed by atoms with Gasteiger partial charge >= 0.3 is 6.09 Å². The summed E-state index contributed by atoms with van der Waals surface area (Å²) in [6.07, 6.45) is 2.00. The molecule has 0 radical (unpaired) electrons. The molecule has 0 atom stereocenters. The van der Waals surface area contributed by atoms with Crippen LogP contribution in [0, 0.1) is 0 Å². The molecule has 1 amide bonds. The molecule has 0 saturated carbocycles. The molecule has 2 aliphatic rings. The zero-order valence-electron chi connectivity index (χ0n) is 15.9. The minimum Gasteiger partial charge on any atom is -0.448 e. The molecule has 0 spiro atoms. The lowest BCUT2D eigenvalue weighted by Gasteiger charge is -2.36. The van der Waals surface area contributed by atoms with E-state index in [9.17, 15) is 9.90 Å². The van der Waals surface area contributed by atoms with E-state index < -0.39 is 5.60 Å². The number of benzene rings is 2. The van der Waals surface area contributed by atoms with Gasteiger partial charge in [-0.25, -0.2) is 4.79 Å². The van der Waals surface area contributed by atoms with E-state index in [1.54, 1.807) is 4.90 Å². The molecule has 2 heterocycles. The highest BCUT2D eigenvalue weighted by molar-refractivity contribution is 5.79. The number of amides is 1. The van der Waals surface area contributed by atoms with Gasteiger partial charge < -0.3 is 14.7 Å². The van der Waals surface area contributed by atoms with Crippen molar-refractivity contribution in [2.75, 3.05) is 19.7 Å². The van der Waals surface area contributed by atoms with Crippen LogP contribution >= 0.6 is 0 Å². The number of fused-ring (bicyclic) bond motifs is 3. The maximum Gasteiger partial charge on any atom is 0.409 e.